The maximum Gasteiger partial charge on any atom is 0.145 e. The lowest BCUT2D eigenvalue weighted by molar-refractivity contribution is -0.230. The van der Waals surface area contributed by atoms with E-state index in [0.29, 0.717) is 29.0 Å². The highest BCUT2D eigenvalue weighted by Crippen LogP contribution is 2.76. The molecule has 0 spiro atoms. The number of nitrogens with zero attached hydrogens (tertiary/aromatic N) is 1. The van der Waals surface area contributed by atoms with E-state index in [0.717, 1.165) is 31.6 Å². The largest absolute Gasteiger partial charge is 0.385 e. The first-order valence-electron chi connectivity index (χ1n) is 15.2. The third-order valence-electron chi connectivity index (χ3n) is 13.9. The van der Waals surface area contributed by atoms with Gasteiger partial charge in [0.25, 0.3) is 0 Å². The molecule has 0 aliphatic heterocycles. The number of carbonyl (C=O) groups excluding carboxylic acids is 1. The minimum absolute atomic E-state index is 0.0454. The quantitative estimate of drug-likeness (QED) is 0.417. The number of rotatable bonds is 3. The number of carbonyl (C=O) groups is 1. The van der Waals surface area contributed by atoms with E-state index in [4.69, 9.17) is 9.26 Å². The molecule has 0 saturated heterocycles. The summed E-state index contributed by atoms with van der Waals surface area (Å²) >= 11 is 0. The SMILES string of the molecule is COCC[C@]12CCC(C)(C)C[C@H]1C1C(=O)C[C@@H]3[C@@]4(C)Cc5cnoc5C(C)(C)[C@@H]4CC[C@@]3(C)[C@]1(C)CC2. The van der Waals surface area contributed by atoms with Crippen LogP contribution in [0.5, 0.6) is 0 Å². The zero-order valence-electron chi connectivity index (χ0n) is 24.8. The Kier molecular flexibility index (Phi) is 5.60. The van der Waals surface area contributed by atoms with Gasteiger partial charge in [-0.05, 0) is 103 Å². The fraction of sp³-hybridized carbons (Fsp3) is 0.879. The van der Waals surface area contributed by atoms with Crippen molar-refractivity contribution in [1.29, 1.82) is 0 Å². The van der Waals surface area contributed by atoms with Crippen LogP contribution in [0.15, 0.2) is 10.7 Å². The molecule has 4 saturated carbocycles. The van der Waals surface area contributed by atoms with Crippen LogP contribution >= 0.6 is 0 Å². The van der Waals surface area contributed by atoms with Crippen molar-refractivity contribution in [1.82, 2.24) is 5.16 Å². The molecule has 8 atom stereocenters. The molecule has 4 fully saturated rings. The van der Waals surface area contributed by atoms with Gasteiger partial charge in [0.15, 0.2) is 0 Å². The lowest BCUT2D eigenvalue weighted by Crippen LogP contribution is -2.69. The topological polar surface area (TPSA) is 52.3 Å². The second-order valence-corrected chi connectivity index (χ2v) is 16.3. The molecule has 6 rings (SSSR count). The summed E-state index contributed by atoms with van der Waals surface area (Å²) in [5.74, 6) is 3.30. The molecule has 4 heteroatoms. The number of fused-ring (bicyclic) bond motifs is 8. The van der Waals surface area contributed by atoms with Crippen LogP contribution in [-0.4, -0.2) is 24.7 Å². The highest BCUT2D eigenvalue weighted by molar-refractivity contribution is 5.84. The predicted octanol–water partition coefficient (Wildman–Crippen LogP) is 7.79. The van der Waals surface area contributed by atoms with E-state index >= 15 is 0 Å². The summed E-state index contributed by atoms with van der Waals surface area (Å²) in [4.78, 5) is 14.6. The summed E-state index contributed by atoms with van der Waals surface area (Å²) in [5.41, 5.74) is 2.17. The number of Topliss-reactive ketones (excluding diaryl/α,β-unsaturated/α-hetero) is 1. The van der Waals surface area contributed by atoms with Gasteiger partial charge in [0, 0.05) is 37.0 Å². The van der Waals surface area contributed by atoms with Gasteiger partial charge in [0.05, 0.1) is 6.20 Å². The molecule has 0 N–H and O–H groups in total. The molecule has 1 unspecified atom stereocenters. The van der Waals surface area contributed by atoms with Crippen LogP contribution in [0.25, 0.3) is 0 Å². The van der Waals surface area contributed by atoms with Gasteiger partial charge in [-0.2, -0.15) is 0 Å². The highest BCUT2D eigenvalue weighted by Gasteiger charge is 2.72. The average Bonchev–Trinajstić information content (AvgIpc) is 3.28. The Morgan fingerprint density at radius 3 is 2.43 bits per heavy atom. The Balaban J connectivity index is 1.43. The second kappa shape index (κ2) is 7.95. The first-order valence-corrected chi connectivity index (χ1v) is 15.2. The third-order valence-corrected chi connectivity index (χ3v) is 13.9. The van der Waals surface area contributed by atoms with Crippen LogP contribution in [-0.2, 0) is 21.4 Å². The van der Waals surface area contributed by atoms with E-state index in [1.165, 1.54) is 50.5 Å². The number of methoxy groups -OCH3 is 1. The van der Waals surface area contributed by atoms with Gasteiger partial charge in [0.1, 0.15) is 11.5 Å². The second-order valence-electron chi connectivity index (χ2n) is 16.3. The van der Waals surface area contributed by atoms with E-state index in [1.54, 1.807) is 0 Å². The third kappa shape index (κ3) is 3.29. The van der Waals surface area contributed by atoms with Gasteiger partial charge in [-0.15, -0.1) is 0 Å². The Morgan fingerprint density at radius 2 is 1.70 bits per heavy atom. The Labute approximate surface area is 225 Å². The van der Waals surface area contributed by atoms with Gasteiger partial charge in [-0.25, -0.2) is 0 Å². The monoisotopic (exact) mass is 509 g/mol. The van der Waals surface area contributed by atoms with E-state index in [9.17, 15) is 4.79 Å². The lowest BCUT2D eigenvalue weighted by Gasteiger charge is -2.72. The van der Waals surface area contributed by atoms with E-state index < -0.39 is 0 Å². The molecular formula is C33H51NO3. The minimum Gasteiger partial charge on any atom is -0.385 e. The lowest BCUT2D eigenvalue weighted by atomic mass is 9.31. The molecule has 1 heterocycles. The highest BCUT2D eigenvalue weighted by atomic mass is 16.5. The van der Waals surface area contributed by atoms with Gasteiger partial charge in [-0.3, -0.25) is 4.79 Å². The summed E-state index contributed by atoms with van der Waals surface area (Å²) in [6, 6.07) is 0. The molecule has 1 aromatic heterocycles. The molecule has 0 aromatic carbocycles. The molecule has 0 radical (unpaired) electrons. The van der Waals surface area contributed by atoms with Crippen LogP contribution in [0.3, 0.4) is 0 Å². The van der Waals surface area contributed by atoms with Crippen molar-refractivity contribution in [2.75, 3.05) is 13.7 Å². The number of ketones is 1. The Morgan fingerprint density at radius 1 is 0.973 bits per heavy atom. The van der Waals surface area contributed by atoms with Gasteiger partial charge in [0.2, 0.25) is 0 Å². The van der Waals surface area contributed by atoms with Gasteiger partial charge >= 0.3 is 0 Å². The summed E-state index contributed by atoms with van der Waals surface area (Å²) in [6.07, 6.45) is 13.5. The fourth-order valence-corrected chi connectivity index (χ4v) is 11.8. The van der Waals surface area contributed by atoms with Crippen molar-refractivity contribution >= 4 is 5.78 Å². The van der Waals surface area contributed by atoms with E-state index in [2.05, 4.69) is 53.6 Å². The van der Waals surface area contributed by atoms with E-state index in [-0.39, 0.29) is 33.0 Å². The van der Waals surface area contributed by atoms with Crippen LogP contribution < -0.4 is 0 Å². The number of hydrogen-bond donors (Lipinski definition) is 0. The van der Waals surface area contributed by atoms with Crippen molar-refractivity contribution in [2.24, 2.45) is 50.7 Å². The van der Waals surface area contributed by atoms with Crippen molar-refractivity contribution in [2.45, 2.75) is 118 Å². The molecular weight excluding hydrogens is 458 g/mol. The molecule has 5 aliphatic rings. The zero-order valence-corrected chi connectivity index (χ0v) is 24.8. The number of hydrogen-bond acceptors (Lipinski definition) is 4. The first kappa shape index (κ1) is 26.1. The first-order chi connectivity index (χ1) is 17.2. The van der Waals surface area contributed by atoms with Crippen molar-refractivity contribution < 1.29 is 14.1 Å². The van der Waals surface area contributed by atoms with Gasteiger partial charge in [-0.1, -0.05) is 53.6 Å². The smallest absolute Gasteiger partial charge is 0.145 e. The van der Waals surface area contributed by atoms with Crippen molar-refractivity contribution in [3.63, 3.8) is 0 Å². The normalized spacial score (nSPS) is 47.7. The maximum absolute atomic E-state index is 14.6. The van der Waals surface area contributed by atoms with E-state index in [1.807, 2.05) is 13.3 Å². The fourth-order valence-electron chi connectivity index (χ4n) is 11.8. The number of aromatic nitrogens is 1. The number of ether oxygens (including phenoxy) is 1. The zero-order chi connectivity index (χ0) is 26.6. The molecule has 4 nitrogen and oxygen atoms in total. The molecule has 1 aromatic rings. The molecule has 206 valence electrons. The van der Waals surface area contributed by atoms with Crippen LogP contribution in [0.4, 0.5) is 0 Å². The summed E-state index contributed by atoms with van der Waals surface area (Å²) < 4.78 is 11.5. The van der Waals surface area contributed by atoms with Crippen molar-refractivity contribution in [3.05, 3.63) is 17.5 Å². The molecule has 0 amide bonds. The molecule has 5 aliphatic carbocycles. The summed E-state index contributed by atoms with van der Waals surface area (Å²) in [5, 5.41) is 4.24. The minimum atomic E-state index is -0.0454. The van der Waals surface area contributed by atoms with Crippen LogP contribution in [0.2, 0.25) is 0 Å². The Hall–Kier alpha value is -1.16. The van der Waals surface area contributed by atoms with Crippen molar-refractivity contribution in [3.8, 4) is 0 Å². The van der Waals surface area contributed by atoms with Gasteiger partial charge < -0.3 is 9.26 Å². The standard InChI is InChI=1S/C33H51NO3/c1-28(2)11-13-33(15-16-36-8)14-12-32(7)26(22(33)19-28)23(35)17-25-30(5)18-21-20-34-37-27(21)29(3,4)24(30)9-10-31(25,32)6/h20,22,24-26H,9-19H2,1-8H3/t22-,24-,25+,26?,30-,31+,32+,33+/m0/s1. The van der Waals surface area contributed by atoms with Crippen LogP contribution in [0, 0.1) is 50.7 Å². The summed E-state index contributed by atoms with van der Waals surface area (Å²) in [6.45, 7) is 18.2. The van der Waals surface area contributed by atoms with Crippen LogP contribution in [0.1, 0.15) is 118 Å². The average molecular weight is 510 g/mol. The summed E-state index contributed by atoms with van der Waals surface area (Å²) in [7, 11) is 1.84. The molecule has 37 heavy (non-hydrogen) atoms. The predicted molar refractivity (Wildman–Crippen MR) is 146 cm³/mol. The maximum atomic E-state index is 14.6. The molecule has 0 bridgehead atoms. The Bertz CT molecular complexity index is 1090.